The summed E-state index contributed by atoms with van der Waals surface area (Å²) in [5.41, 5.74) is -3.42. The quantitative estimate of drug-likeness (QED) is 0.645. The van der Waals surface area contributed by atoms with Crippen LogP contribution in [0.25, 0.3) is 0 Å². The molecule has 0 bridgehead atoms. The summed E-state index contributed by atoms with van der Waals surface area (Å²) < 4.78 is 73.9. The van der Waals surface area contributed by atoms with Crippen LogP contribution in [0, 0.1) is 5.82 Å². The molecular formula is C8H3ClF6. The van der Waals surface area contributed by atoms with Crippen molar-refractivity contribution in [1.29, 1.82) is 0 Å². The molecule has 0 aliphatic carbocycles. The molecule has 0 nitrogen and oxygen atoms in total. The predicted octanol–water partition coefficient (Wildman–Crippen LogP) is 4.44. The van der Waals surface area contributed by atoms with Gasteiger partial charge < -0.3 is 0 Å². The van der Waals surface area contributed by atoms with Gasteiger partial charge in [-0.3, -0.25) is 0 Å². The first-order valence-electron chi connectivity index (χ1n) is 3.58. The van der Waals surface area contributed by atoms with Crippen molar-refractivity contribution in [1.82, 2.24) is 0 Å². The van der Waals surface area contributed by atoms with E-state index in [4.69, 9.17) is 11.6 Å². The summed E-state index contributed by atoms with van der Waals surface area (Å²) >= 11 is 5.10. The number of hydrogen-bond acceptors (Lipinski definition) is 0. The van der Waals surface area contributed by atoms with Gasteiger partial charge in [0.05, 0.1) is 16.1 Å². The summed E-state index contributed by atoms with van der Waals surface area (Å²) in [7, 11) is 0. The SMILES string of the molecule is Fc1c(Cl)ccc(C(F)(F)F)c1C(F)F. The summed E-state index contributed by atoms with van der Waals surface area (Å²) in [6.45, 7) is 0. The van der Waals surface area contributed by atoms with Gasteiger partial charge in [-0.2, -0.15) is 13.2 Å². The van der Waals surface area contributed by atoms with E-state index in [1.807, 2.05) is 0 Å². The number of rotatable bonds is 1. The summed E-state index contributed by atoms with van der Waals surface area (Å²) in [5, 5.41) is -0.765. The molecule has 0 aliphatic rings. The highest BCUT2D eigenvalue weighted by molar-refractivity contribution is 6.30. The van der Waals surface area contributed by atoms with E-state index in [-0.39, 0.29) is 0 Å². The Labute approximate surface area is 85.5 Å². The van der Waals surface area contributed by atoms with Gasteiger partial charge in [0, 0.05) is 0 Å². The highest BCUT2D eigenvalue weighted by Crippen LogP contribution is 2.39. The lowest BCUT2D eigenvalue weighted by Gasteiger charge is -2.13. The van der Waals surface area contributed by atoms with Crippen molar-refractivity contribution < 1.29 is 26.3 Å². The fourth-order valence-electron chi connectivity index (χ4n) is 1.03. The second-order valence-electron chi connectivity index (χ2n) is 2.62. The molecule has 0 saturated carbocycles. The first kappa shape index (κ1) is 12.2. The fourth-order valence-corrected chi connectivity index (χ4v) is 1.19. The van der Waals surface area contributed by atoms with E-state index in [9.17, 15) is 26.3 Å². The van der Waals surface area contributed by atoms with Crippen LogP contribution in [0.3, 0.4) is 0 Å². The number of halogens is 7. The average molecular weight is 249 g/mol. The van der Waals surface area contributed by atoms with Crippen LogP contribution in [-0.2, 0) is 6.18 Å². The first-order chi connectivity index (χ1) is 6.75. The number of alkyl halides is 5. The molecule has 84 valence electrons. The van der Waals surface area contributed by atoms with Crippen LogP contribution < -0.4 is 0 Å². The molecule has 0 atom stereocenters. The van der Waals surface area contributed by atoms with Gasteiger partial charge in [0.2, 0.25) is 0 Å². The highest BCUT2D eigenvalue weighted by atomic mass is 35.5. The van der Waals surface area contributed by atoms with E-state index < -0.39 is 34.6 Å². The van der Waals surface area contributed by atoms with Crippen LogP contribution in [0.2, 0.25) is 5.02 Å². The average Bonchev–Trinajstić information content (AvgIpc) is 2.06. The third kappa shape index (κ3) is 2.37. The van der Waals surface area contributed by atoms with Crippen LogP contribution in [0.1, 0.15) is 17.6 Å². The summed E-state index contributed by atoms with van der Waals surface area (Å²) in [6, 6.07) is 0.915. The van der Waals surface area contributed by atoms with Gasteiger partial charge in [-0.15, -0.1) is 0 Å². The molecule has 0 saturated heterocycles. The normalized spacial score (nSPS) is 12.3. The van der Waals surface area contributed by atoms with Gasteiger partial charge in [0.15, 0.2) is 5.82 Å². The molecule has 0 amide bonds. The minimum absolute atomic E-state index is 0.326. The maximum Gasteiger partial charge on any atom is 0.416 e. The monoisotopic (exact) mass is 248 g/mol. The standard InChI is InChI=1S/C8H3ClF6/c9-4-2-1-3(8(13,14)15)5(6(4)10)7(11)12/h1-2,7H. The van der Waals surface area contributed by atoms with Crippen molar-refractivity contribution in [3.63, 3.8) is 0 Å². The lowest BCUT2D eigenvalue weighted by molar-refractivity contribution is -0.139. The summed E-state index contributed by atoms with van der Waals surface area (Å²) in [4.78, 5) is 0. The molecule has 0 heterocycles. The molecule has 7 heteroatoms. The van der Waals surface area contributed by atoms with Crippen molar-refractivity contribution >= 4 is 11.6 Å². The van der Waals surface area contributed by atoms with Crippen molar-refractivity contribution in [3.8, 4) is 0 Å². The molecular weight excluding hydrogens is 246 g/mol. The minimum Gasteiger partial charge on any atom is -0.205 e. The fraction of sp³-hybridized carbons (Fsp3) is 0.250. The van der Waals surface area contributed by atoms with E-state index in [2.05, 4.69) is 0 Å². The van der Waals surface area contributed by atoms with E-state index >= 15 is 0 Å². The lowest BCUT2D eigenvalue weighted by Crippen LogP contribution is -2.11. The molecule has 15 heavy (non-hydrogen) atoms. The Morgan fingerprint density at radius 1 is 1.13 bits per heavy atom. The predicted molar refractivity (Wildman–Crippen MR) is 41.4 cm³/mol. The minimum atomic E-state index is -5.03. The van der Waals surface area contributed by atoms with Crippen LogP contribution >= 0.6 is 11.6 Å². The molecule has 0 aliphatic heterocycles. The highest BCUT2D eigenvalue weighted by Gasteiger charge is 2.37. The first-order valence-corrected chi connectivity index (χ1v) is 3.96. The van der Waals surface area contributed by atoms with Crippen molar-refractivity contribution in [3.05, 3.63) is 34.1 Å². The number of hydrogen-bond donors (Lipinski definition) is 0. The Morgan fingerprint density at radius 2 is 1.67 bits per heavy atom. The maximum absolute atomic E-state index is 12.9. The third-order valence-corrected chi connectivity index (χ3v) is 1.95. The largest absolute Gasteiger partial charge is 0.416 e. The van der Waals surface area contributed by atoms with Gasteiger partial charge in [-0.25, -0.2) is 13.2 Å². The molecule has 1 rings (SSSR count). The van der Waals surface area contributed by atoms with Crippen molar-refractivity contribution in [2.75, 3.05) is 0 Å². The van der Waals surface area contributed by atoms with Gasteiger partial charge in [0.1, 0.15) is 0 Å². The summed E-state index contributed by atoms with van der Waals surface area (Å²) in [5.74, 6) is -1.73. The van der Waals surface area contributed by atoms with Gasteiger partial charge in [-0.05, 0) is 12.1 Å². The zero-order valence-electron chi connectivity index (χ0n) is 6.88. The summed E-state index contributed by atoms with van der Waals surface area (Å²) in [6.07, 6.45) is -8.60. The molecule has 0 fully saturated rings. The van der Waals surface area contributed by atoms with Crippen LogP contribution in [0.4, 0.5) is 26.3 Å². The Morgan fingerprint density at radius 3 is 2.07 bits per heavy atom. The maximum atomic E-state index is 12.9. The van der Waals surface area contributed by atoms with E-state index in [0.717, 1.165) is 0 Å². The topological polar surface area (TPSA) is 0 Å². The smallest absolute Gasteiger partial charge is 0.205 e. The molecule has 1 aromatic rings. The van der Waals surface area contributed by atoms with Crippen LogP contribution in [0.15, 0.2) is 12.1 Å². The Bertz CT molecular complexity index is 370. The molecule has 0 unspecified atom stereocenters. The Hall–Kier alpha value is -0.910. The van der Waals surface area contributed by atoms with E-state index in [1.54, 1.807) is 0 Å². The van der Waals surface area contributed by atoms with E-state index in [1.165, 1.54) is 0 Å². The van der Waals surface area contributed by atoms with Crippen LogP contribution in [-0.4, -0.2) is 0 Å². The molecule has 0 aromatic heterocycles. The van der Waals surface area contributed by atoms with Gasteiger partial charge >= 0.3 is 6.18 Å². The lowest BCUT2D eigenvalue weighted by atomic mass is 10.1. The zero-order valence-corrected chi connectivity index (χ0v) is 7.63. The van der Waals surface area contributed by atoms with Crippen molar-refractivity contribution in [2.24, 2.45) is 0 Å². The zero-order chi connectivity index (χ0) is 11.8. The molecule has 0 spiro atoms. The second kappa shape index (κ2) is 3.92. The Kier molecular flexibility index (Phi) is 3.18. The van der Waals surface area contributed by atoms with Crippen LogP contribution in [0.5, 0.6) is 0 Å². The number of benzene rings is 1. The second-order valence-corrected chi connectivity index (χ2v) is 3.03. The van der Waals surface area contributed by atoms with Gasteiger partial charge in [0.25, 0.3) is 6.43 Å². The molecule has 0 N–H and O–H groups in total. The van der Waals surface area contributed by atoms with Crippen molar-refractivity contribution in [2.45, 2.75) is 12.6 Å². The van der Waals surface area contributed by atoms with Gasteiger partial charge in [-0.1, -0.05) is 11.6 Å². The Balaban J connectivity index is 3.47. The molecule has 0 radical (unpaired) electrons. The molecule has 1 aromatic carbocycles. The third-order valence-electron chi connectivity index (χ3n) is 1.66. The van der Waals surface area contributed by atoms with E-state index in [0.29, 0.717) is 12.1 Å².